The molecule has 2 N–H and O–H groups in total. The van der Waals surface area contributed by atoms with Crippen molar-refractivity contribution in [1.82, 2.24) is 24.4 Å². The summed E-state index contributed by atoms with van der Waals surface area (Å²) in [7, 11) is -3.91. The van der Waals surface area contributed by atoms with Crippen molar-refractivity contribution in [1.29, 1.82) is 0 Å². The van der Waals surface area contributed by atoms with Gasteiger partial charge in [0.05, 0.1) is 27.7 Å². The van der Waals surface area contributed by atoms with Gasteiger partial charge in [-0.05, 0) is 57.7 Å². The molecule has 2 amide bonds. The molecule has 1 fully saturated rings. The van der Waals surface area contributed by atoms with Gasteiger partial charge >= 0.3 is 6.03 Å². The lowest BCUT2D eigenvalue weighted by Gasteiger charge is -2.10. The molecular formula is C27H29N5O3S. The second-order valence-electron chi connectivity index (χ2n) is 9.40. The summed E-state index contributed by atoms with van der Waals surface area (Å²) < 4.78 is 29.0. The average molecular weight is 504 g/mol. The largest absolute Gasteiger partial charge is 0.337 e. The van der Waals surface area contributed by atoms with E-state index >= 15 is 0 Å². The van der Waals surface area contributed by atoms with Crippen LogP contribution in [0.1, 0.15) is 47.0 Å². The molecule has 1 aliphatic carbocycles. The number of aromatic nitrogens is 3. The van der Waals surface area contributed by atoms with E-state index < -0.39 is 16.1 Å². The van der Waals surface area contributed by atoms with Gasteiger partial charge in [-0.1, -0.05) is 42.0 Å². The van der Waals surface area contributed by atoms with Crippen LogP contribution in [-0.2, 0) is 16.4 Å². The molecule has 0 radical (unpaired) electrons. The Bertz CT molecular complexity index is 1540. The quantitative estimate of drug-likeness (QED) is 0.388. The maximum absolute atomic E-state index is 12.4. The Hall–Kier alpha value is -3.72. The molecule has 2 heterocycles. The third-order valence-corrected chi connectivity index (χ3v) is 7.72. The number of rotatable bonds is 7. The summed E-state index contributed by atoms with van der Waals surface area (Å²) in [6, 6.07) is 13.8. The van der Waals surface area contributed by atoms with Crippen molar-refractivity contribution in [3.05, 3.63) is 82.9 Å². The number of carbonyl (C=O) groups excluding carboxylic acids is 1. The second kappa shape index (κ2) is 9.39. The predicted molar refractivity (Wildman–Crippen MR) is 138 cm³/mol. The molecule has 1 saturated carbocycles. The summed E-state index contributed by atoms with van der Waals surface area (Å²) in [6.45, 7) is 6.16. The van der Waals surface area contributed by atoms with E-state index in [-0.39, 0.29) is 4.90 Å². The van der Waals surface area contributed by atoms with Crippen LogP contribution in [0.2, 0.25) is 0 Å². The van der Waals surface area contributed by atoms with Gasteiger partial charge in [0.2, 0.25) is 0 Å². The summed E-state index contributed by atoms with van der Waals surface area (Å²) in [5, 5.41) is 2.63. The zero-order chi connectivity index (χ0) is 25.4. The highest BCUT2D eigenvalue weighted by atomic mass is 32.2. The molecule has 2 aromatic carbocycles. The number of sulfonamides is 1. The maximum atomic E-state index is 12.4. The number of nitrogens with zero attached hydrogens (tertiary/aromatic N) is 3. The van der Waals surface area contributed by atoms with Gasteiger partial charge in [-0.3, -0.25) is 9.38 Å². The van der Waals surface area contributed by atoms with Crippen LogP contribution in [0.25, 0.3) is 16.9 Å². The Morgan fingerprint density at radius 1 is 1.00 bits per heavy atom. The standard InChI is InChI=1S/C27H29N5O3S/c1-17-4-12-23(13-5-17)36(34,35)31-27(33)28-15-14-20-6-8-22(9-7-20)25-24(21-10-11-21)30-26-19(3)29-18(2)16-32(25)26/h4-9,12-13,16,21H,10-11,14-15H2,1-3H3,(H2,28,31,33). The van der Waals surface area contributed by atoms with Crippen LogP contribution in [0.15, 0.2) is 59.6 Å². The number of benzene rings is 2. The highest BCUT2D eigenvalue weighted by Gasteiger charge is 2.31. The number of hydrogen-bond acceptors (Lipinski definition) is 5. The predicted octanol–water partition coefficient (Wildman–Crippen LogP) is 4.43. The van der Waals surface area contributed by atoms with Crippen molar-refractivity contribution >= 4 is 21.7 Å². The highest BCUT2D eigenvalue weighted by molar-refractivity contribution is 7.90. The fourth-order valence-electron chi connectivity index (χ4n) is 4.37. The third-order valence-electron chi connectivity index (χ3n) is 6.37. The molecule has 0 spiro atoms. The smallest absolute Gasteiger partial charge is 0.328 e. The third kappa shape index (κ3) is 4.97. The van der Waals surface area contributed by atoms with Crippen molar-refractivity contribution in [3.8, 4) is 11.3 Å². The van der Waals surface area contributed by atoms with Gasteiger partial charge < -0.3 is 5.32 Å². The van der Waals surface area contributed by atoms with Gasteiger partial charge in [-0.15, -0.1) is 0 Å². The lowest BCUT2D eigenvalue weighted by molar-refractivity contribution is 0.246. The molecule has 5 rings (SSSR count). The number of carbonyl (C=O) groups is 1. The Morgan fingerprint density at radius 3 is 2.36 bits per heavy atom. The Balaban J connectivity index is 1.25. The molecule has 0 saturated heterocycles. The minimum absolute atomic E-state index is 0.0537. The van der Waals surface area contributed by atoms with E-state index in [1.165, 1.54) is 12.1 Å². The van der Waals surface area contributed by atoms with Gasteiger partial charge in [-0.25, -0.2) is 22.9 Å². The first-order valence-corrected chi connectivity index (χ1v) is 13.5. The van der Waals surface area contributed by atoms with Crippen molar-refractivity contribution in [2.75, 3.05) is 6.54 Å². The molecule has 0 unspecified atom stereocenters. The summed E-state index contributed by atoms with van der Waals surface area (Å²) in [5.74, 6) is 0.498. The molecule has 36 heavy (non-hydrogen) atoms. The maximum Gasteiger partial charge on any atom is 0.328 e. The molecule has 8 nitrogen and oxygen atoms in total. The molecule has 0 atom stereocenters. The van der Waals surface area contributed by atoms with Crippen molar-refractivity contribution in [2.45, 2.75) is 50.8 Å². The van der Waals surface area contributed by atoms with Gasteiger partial charge in [0.1, 0.15) is 0 Å². The monoisotopic (exact) mass is 503 g/mol. The first kappa shape index (κ1) is 24.0. The summed E-state index contributed by atoms with van der Waals surface area (Å²) >= 11 is 0. The fourth-order valence-corrected chi connectivity index (χ4v) is 5.30. The van der Waals surface area contributed by atoms with Gasteiger partial charge in [0.15, 0.2) is 5.65 Å². The number of imidazole rings is 1. The van der Waals surface area contributed by atoms with Crippen LogP contribution in [0.3, 0.4) is 0 Å². The van der Waals surface area contributed by atoms with Crippen LogP contribution in [0.4, 0.5) is 4.79 Å². The molecule has 2 aromatic heterocycles. The molecule has 186 valence electrons. The van der Waals surface area contributed by atoms with Crippen LogP contribution in [0, 0.1) is 20.8 Å². The van der Waals surface area contributed by atoms with E-state index in [1.54, 1.807) is 12.1 Å². The lowest BCUT2D eigenvalue weighted by Crippen LogP contribution is -2.40. The molecular weight excluding hydrogens is 474 g/mol. The average Bonchev–Trinajstić information content (AvgIpc) is 3.60. The van der Waals surface area contributed by atoms with E-state index in [1.807, 2.05) is 39.1 Å². The van der Waals surface area contributed by atoms with Gasteiger partial charge in [0, 0.05) is 24.2 Å². The number of urea groups is 1. The number of nitrogens with one attached hydrogen (secondary N) is 2. The number of amides is 2. The summed E-state index contributed by atoms with van der Waals surface area (Å²) in [4.78, 5) is 21.7. The highest BCUT2D eigenvalue weighted by Crippen LogP contribution is 2.44. The van der Waals surface area contributed by atoms with Gasteiger partial charge in [-0.2, -0.15) is 0 Å². The SMILES string of the molecule is Cc1ccc(S(=O)(=O)NC(=O)NCCc2ccc(-c3c(C4CC4)nc4c(C)nc(C)cn34)cc2)cc1. The Kier molecular flexibility index (Phi) is 6.26. The fraction of sp³-hybridized carbons (Fsp3) is 0.296. The number of hydrogen-bond donors (Lipinski definition) is 2. The topological polar surface area (TPSA) is 105 Å². The van der Waals surface area contributed by atoms with E-state index in [9.17, 15) is 13.2 Å². The first-order valence-electron chi connectivity index (χ1n) is 12.0. The Morgan fingerprint density at radius 2 is 1.69 bits per heavy atom. The molecule has 1 aliphatic rings. The van der Waals surface area contributed by atoms with Crippen molar-refractivity contribution in [3.63, 3.8) is 0 Å². The molecule has 0 bridgehead atoms. The van der Waals surface area contributed by atoms with Crippen LogP contribution < -0.4 is 10.0 Å². The molecule has 0 aliphatic heterocycles. The van der Waals surface area contributed by atoms with Crippen molar-refractivity contribution < 1.29 is 13.2 Å². The molecule has 9 heteroatoms. The number of fused-ring (bicyclic) bond motifs is 1. The zero-order valence-corrected chi connectivity index (χ0v) is 21.4. The van der Waals surface area contributed by atoms with Crippen LogP contribution >= 0.6 is 0 Å². The Labute approximate surface area is 210 Å². The van der Waals surface area contributed by atoms with E-state index in [2.05, 4.69) is 31.6 Å². The second-order valence-corrected chi connectivity index (χ2v) is 11.1. The van der Waals surface area contributed by atoms with E-state index in [0.29, 0.717) is 18.9 Å². The molecule has 4 aromatic rings. The van der Waals surface area contributed by atoms with Gasteiger partial charge in [0.25, 0.3) is 10.0 Å². The number of aryl methyl sites for hydroxylation is 3. The minimum atomic E-state index is -3.91. The summed E-state index contributed by atoms with van der Waals surface area (Å²) in [5.41, 5.74) is 8.09. The normalized spacial score (nSPS) is 13.6. The minimum Gasteiger partial charge on any atom is -0.337 e. The summed E-state index contributed by atoms with van der Waals surface area (Å²) in [6.07, 6.45) is 4.93. The van der Waals surface area contributed by atoms with Crippen LogP contribution in [-0.4, -0.2) is 35.4 Å². The zero-order valence-electron chi connectivity index (χ0n) is 20.6. The van der Waals surface area contributed by atoms with E-state index in [0.717, 1.165) is 58.0 Å². The van der Waals surface area contributed by atoms with E-state index in [4.69, 9.17) is 4.98 Å². The van der Waals surface area contributed by atoms with Crippen LogP contribution in [0.5, 0.6) is 0 Å². The lowest BCUT2D eigenvalue weighted by atomic mass is 10.0. The first-order chi connectivity index (χ1) is 17.2. The van der Waals surface area contributed by atoms with Crippen molar-refractivity contribution in [2.24, 2.45) is 0 Å².